The number of amides is 1. The zero-order valence-corrected chi connectivity index (χ0v) is 36.9. The van der Waals surface area contributed by atoms with Crippen molar-refractivity contribution in [3.05, 3.63) is 12.2 Å². The monoisotopic (exact) mass is 780 g/mol. The van der Waals surface area contributed by atoms with Gasteiger partial charge in [0, 0.05) is 0 Å². The predicted octanol–water partition coefficient (Wildman–Crippen LogP) is 13.4. The van der Waals surface area contributed by atoms with Crippen LogP contribution in [-0.2, 0) is 4.79 Å². The summed E-state index contributed by atoms with van der Waals surface area (Å²) in [5, 5.41) is 43.7. The van der Waals surface area contributed by atoms with Gasteiger partial charge in [0.05, 0.1) is 18.8 Å². The Morgan fingerprint density at radius 2 is 0.727 bits per heavy atom. The molecule has 0 bridgehead atoms. The molecule has 5 N–H and O–H groups in total. The van der Waals surface area contributed by atoms with Crippen LogP contribution in [0.4, 0.5) is 0 Å². The molecule has 0 spiro atoms. The van der Waals surface area contributed by atoms with Crippen molar-refractivity contribution in [2.75, 3.05) is 6.61 Å². The number of hydrogen-bond acceptors (Lipinski definition) is 5. The van der Waals surface area contributed by atoms with Crippen LogP contribution in [0.2, 0.25) is 0 Å². The Morgan fingerprint density at radius 3 is 1.05 bits per heavy atom. The first-order valence-corrected chi connectivity index (χ1v) is 24.6. The lowest BCUT2D eigenvalue weighted by molar-refractivity contribution is -0.132. The normalized spacial score (nSPS) is 14.1. The summed E-state index contributed by atoms with van der Waals surface area (Å²) in [5.41, 5.74) is 0. The maximum absolute atomic E-state index is 12.5. The highest BCUT2D eigenvalue weighted by Gasteiger charge is 2.28. The summed E-state index contributed by atoms with van der Waals surface area (Å²) in [6, 6.07) is -0.982. The van der Waals surface area contributed by atoms with E-state index in [9.17, 15) is 25.2 Å². The van der Waals surface area contributed by atoms with Gasteiger partial charge in [0.25, 0.3) is 0 Å². The average Bonchev–Trinajstić information content (AvgIpc) is 3.19. The summed E-state index contributed by atoms with van der Waals surface area (Å²) in [6.45, 7) is 4.06. The third kappa shape index (κ3) is 38.3. The highest BCUT2D eigenvalue weighted by atomic mass is 16.3. The Kier molecular flexibility index (Phi) is 43.4. The van der Waals surface area contributed by atoms with Gasteiger partial charge in [-0.3, -0.25) is 4.79 Å². The maximum Gasteiger partial charge on any atom is 0.249 e. The zero-order chi connectivity index (χ0) is 40.3. The SMILES string of the molecule is CCCCCCCCCCCCCC/C=C\CCCCCCCCCCCCC(O)C(=O)NC(CO)C(O)C(O)CCCCCCCCCCCCCCC. The molecule has 0 heterocycles. The van der Waals surface area contributed by atoms with E-state index in [0.717, 1.165) is 38.5 Å². The number of nitrogens with one attached hydrogen (secondary N) is 1. The zero-order valence-electron chi connectivity index (χ0n) is 36.9. The van der Waals surface area contributed by atoms with Crippen LogP contribution in [0.3, 0.4) is 0 Å². The lowest BCUT2D eigenvalue weighted by Gasteiger charge is -2.27. The van der Waals surface area contributed by atoms with Gasteiger partial charge in [0.15, 0.2) is 0 Å². The molecule has 1 amide bonds. The smallest absolute Gasteiger partial charge is 0.249 e. The van der Waals surface area contributed by atoms with Crippen molar-refractivity contribution < 1.29 is 25.2 Å². The van der Waals surface area contributed by atoms with Crippen LogP contribution in [0, 0.1) is 0 Å². The molecule has 55 heavy (non-hydrogen) atoms. The molecule has 0 rings (SSSR count). The van der Waals surface area contributed by atoms with Gasteiger partial charge >= 0.3 is 0 Å². The molecule has 0 aliphatic heterocycles. The molecule has 6 nitrogen and oxygen atoms in total. The van der Waals surface area contributed by atoms with Crippen LogP contribution in [0.15, 0.2) is 12.2 Å². The van der Waals surface area contributed by atoms with Gasteiger partial charge in [0.1, 0.15) is 12.2 Å². The summed E-state index contributed by atoms with van der Waals surface area (Å²) >= 11 is 0. The molecule has 0 aromatic heterocycles. The molecule has 0 aromatic rings. The van der Waals surface area contributed by atoms with Gasteiger partial charge in [-0.15, -0.1) is 0 Å². The minimum atomic E-state index is -1.26. The molecule has 0 radical (unpaired) electrons. The second-order valence-corrected chi connectivity index (χ2v) is 17.2. The number of allylic oxidation sites excluding steroid dienone is 2. The van der Waals surface area contributed by atoms with Gasteiger partial charge in [-0.2, -0.15) is 0 Å². The summed E-state index contributed by atoms with van der Waals surface area (Å²) < 4.78 is 0. The van der Waals surface area contributed by atoms with E-state index >= 15 is 0 Å². The predicted molar refractivity (Wildman–Crippen MR) is 238 cm³/mol. The third-order valence-corrected chi connectivity index (χ3v) is 11.7. The Labute approximate surface area is 342 Å². The summed E-state index contributed by atoms with van der Waals surface area (Å²) in [6.07, 6.45) is 49.7. The van der Waals surface area contributed by atoms with Crippen molar-refractivity contribution in [3.63, 3.8) is 0 Å². The first-order valence-electron chi connectivity index (χ1n) is 24.6. The average molecular weight is 780 g/mol. The molecule has 4 atom stereocenters. The van der Waals surface area contributed by atoms with Crippen molar-refractivity contribution in [1.29, 1.82) is 0 Å². The molecular weight excluding hydrogens is 683 g/mol. The number of carbonyl (C=O) groups excluding carboxylic acids is 1. The molecule has 0 aliphatic rings. The lowest BCUT2D eigenvalue weighted by Crippen LogP contribution is -2.53. The van der Waals surface area contributed by atoms with Crippen molar-refractivity contribution in [2.24, 2.45) is 0 Å². The van der Waals surface area contributed by atoms with Gasteiger partial charge in [-0.25, -0.2) is 0 Å². The van der Waals surface area contributed by atoms with E-state index in [-0.39, 0.29) is 0 Å². The Bertz CT molecular complexity index is 791. The second kappa shape index (κ2) is 44.2. The molecule has 6 heteroatoms. The first-order chi connectivity index (χ1) is 27.0. The third-order valence-electron chi connectivity index (χ3n) is 11.7. The second-order valence-electron chi connectivity index (χ2n) is 17.2. The van der Waals surface area contributed by atoms with E-state index in [4.69, 9.17) is 0 Å². The van der Waals surface area contributed by atoms with E-state index in [1.165, 1.54) is 199 Å². The number of hydrogen-bond donors (Lipinski definition) is 5. The summed E-state index contributed by atoms with van der Waals surface area (Å²) in [5.74, 6) is -0.582. The Hall–Kier alpha value is -0.950. The van der Waals surface area contributed by atoms with Crippen LogP contribution in [0.1, 0.15) is 264 Å². The molecule has 328 valence electrons. The number of unbranched alkanes of at least 4 members (excludes halogenated alkanes) is 34. The van der Waals surface area contributed by atoms with E-state index in [2.05, 4.69) is 31.3 Å². The summed E-state index contributed by atoms with van der Waals surface area (Å²) in [4.78, 5) is 12.5. The van der Waals surface area contributed by atoms with Gasteiger partial charge < -0.3 is 25.7 Å². The molecule has 0 aromatic carbocycles. The first kappa shape index (κ1) is 54.0. The summed E-state index contributed by atoms with van der Waals surface area (Å²) in [7, 11) is 0. The van der Waals surface area contributed by atoms with Crippen LogP contribution < -0.4 is 5.32 Å². The van der Waals surface area contributed by atoms with E-state index in [1.54, 1.807) is 0 Å². The van der Waals surface area contributed by atoms with E-state index < -0.39 is 36.9 Å². The number of aliphatic hydroxyl groups excluding tert-OH is 4. The standard InChI is InChI=1S/C49H97NO5/c1-3-5-7-9-11-13-15-17-18-19-20-21-22-23-24-25-26-27-28-29-31-33-35-37-39-41-43-47(53)49(55)50-45(44-51)48(54)46(52)42-40-38-36-34-32-30-16-14-12-10-8-6-4-2/h23-24,45-48,51-54H,3-22,25-44H2,1-2H3,(H,50,55)/b24-23-. The molecule has 0 saturated carbocycles. The van der Waals surface area contributed by atoms with Crippen molar-refractivity contribution in [1.82, 2.24) is 5.32 Å². The molecule has 0 saturated heterocycles. The number of aliphatic hydroxyl groups is 4. The topological polar surface area (TPSA) is 110 Å². The lowest BCUT2D eigenvalue weighted by atomic mass is 9.99. The largest absolute Gasteiger partial charge is 0.394 e. The van der Waals surface area contributed by atoms with Crippen molar-refractivity contribution >= 4 is 5.91 Å². The van der Waals surface area contributed by atoms with E-state index in [0.29, 0.717) is 12.8 Å². The Morgan fingerprint density at radius 1 is 0.436 bits per heavy atom. The Balaban J connectivity index is 3.63. The number of rotatable bonds is 45. The van der Waals surface area contributed by atoms with Gasteiger partial charge in [-0.1, -0.05) is 238 Å². The van der Waals surface area contributed by atoms with Gasteiger partial charge in [-0.05, 0) is 38.5 Å². The maximum atomic E-state index is 12.5. The highest BCUT2D eigenvalue weighted by Crippen LogP contribution is 2.17. The molecule has 0 aliphatic carbocycles. The fourth-order valence-corrected chi connectivity index (χ4v) is 7.81. The quantitative estimate of drug-likeness (QED) is 0.0312. The van der Waals surface area contributed by atoms with Crippen LogP contribution in [0.5, 0.6) is 0 Å². The highest BCUT2D eigenvalue weighted by molar-refractivity contribution is 5.80. The fraction of sp³-hybridized carbons (Fsp3) is 0.939. The minimum Gasteiger partial charge on any atom is -0.394 e. The molecule has 0 fully saturated rings. The van der Waals surface area contributed by atoms with Gasteiger partial charge in [0.2, 0.25) is 5.91 Å². The minimum absolute atomic E-state index is 0.370. The van der Waals surface area contributed by atoms with E-state index in [1.807, 2.05) is 0 Å². The number of carbonyl (C=O) groups is 1. The van der Waals surface area contributed by atoms with Crippen LogP contribution in [0.25, 0.3) is 0 Å². The molecular formula is C49H97NO5. The van der Waals surface area contributed by atoms with Crippen LogP contribution >= 0.6 is 0 Å². The molecule has 4 unspecified atom stereocenters. The van der Waals surface area contributed by atoms with Crippen molar-refractivity contribution in [2.45, 2.75) is 289 Å². The van der Waals surface area contributed by atoms with Crippen molar-refractivity contribution in [3.8, 4) is 0 Å². The van der Waals surface area contributed by atoms with Crippen LogP contribution in [-0.4, -0.2) is 57.3 Å². The fourth-order valence-electron chi connectivity index (χ4n) is 7.81.